The van der Waals surface area contributed by atoms with E-state index in [1.54, 1.807) is 0 Å². The minimum Gasteiger partial charge on any atom is -0.480 e. The highest BCUT2D eigenvalue weighted by Crippen LogP contribution is 2.17. The molecule has 106 valence electrons. The van der Waals surface area contributed by atoms with E-state index in [0.29, 0.717) is 19.4 Å². The van der Waals surface area contributed by atoms with Crippen molar-refractivity contribution >= 4 is 12.0 Å². The molecule has 5 nitrogen and oxygen atoms in total. The number of carboxylic acids is 1. The lowest BCUT2D eigenvalue weighted by atomic mass is 9.92. The van der Waals surface area contributed by atoms with Crippen LogP contribution in [0.25, 0.3) is 0 Å². The highest BCUT2D eigenvalue weighted by molar-refractivity contribution is 5.85. The smallest absolute Gasteiger partial charge is 0.329 e. The third-order valence-corrected chi connectivity index (χ3v) is 2.77. The molecule has 0 heterocycles. The van der Waals surface area contributed by atoms with E-state index in [9.17, 15) is 9.59 Å². The highest BCUT2D eigenvalue weighted by atomic mass is 16.4. The normalized spacial score (nSPS) is 14.7. The Morgan fingerprint density at radius 3 is 2.06 bits per heavy atom. The fraction of sp³-hybridized carbons (Fsp3) is 0.846. The molecular weight excluding hydrogens is 232 g/mol. The zero-order valence-corrected chi connectivity index (χ0v) is 12.1. The Morgan fingerprint density at radius 1 is 1.11 bits per heavy atom. The molecule has 18 heavy (non-hydrogen) atoms. The van der Waals surface area contributed by atoms with Gasteiger partial charge in [-0.1, -0.05) is 34.1 Å². The first-order valence-corrected chi connectivity index (χ1v) is 6.40. The number of nitrogens with one attached hydrogen (secondary N) is 2. The maximum atomic E-state index is 11.6. The van der Waals surface area contributed by atoms with Crippen LogP contribution in [0.2, 0.25) is 0 Å². The fourth-order valence-corrected chi connectivity index (χ4v) is 1.57. The Balaban J connectivity index is 4.24. The summed E-state index contributed by atoms with van der Waals surface area (Å²) >= 11 is 0. The third-order valence-electron chi connectivity index (χ3n) is 2.77. The van der Waals surface area contributed by atoms with E-state index in [2.05, 4.69) is 31.4 Å². The highest BCUT2D eigenvalue weighted by Gasteiger charge is 2.33. The van der Waals surface area contributed by atoms with E-state index < -0.39 is 17.5 Å². The second-order valence-corrected chi connectivity index (χ2v) is 6.08. The minimum absolute atomic E-state index is 0.146. The number of urea groups is 1. The second-order valence-electron chi connectivity index (χ2n) is 6.08. The van der Waals surface area contributed by atoms with Crippen LogP contribution in [0.1, 0.15) is 53.9 Å². The monoisotopic (exact) mass is 258 g/mol. The predicted molar refractivity (Wildman–Crippen MR) is 71.6 cm³/mol. The van der Waals surface area contributed by atoms with Crippen molar-refractivity contribution in [2.45, 2.75) is 59.4 Å². The molecule has 0 rings (SSSR count). The van der Waals surface area contributed by atoms with E-state index in [0.717, 1.165) is 6.42 Å². The van der Waals surface area contributed by atoms with E-state index in [1.807, 2.05) is 6.92 Å². The third kappa shape index (κ3) is 6.47. The molecule has 1 atom stereocenters. The molecule has 0 aliphatic carbocycles. The summed E-state index contributed by atoms with van der Waals surface area (Å²) in [7, 11) is 0. The van der Waals surface area contributed by atoms with Crippen LogP contribution >= 0.6 is 0 Å². The van der Waals surface area contributed by atoms with Crippen LogP contribution in [-0.2, 0) is 4.79 Å². The standard InChI is InChI=1S/C13H26N2O3/c1-6-7-13(5,10(16)17)15-11(18)14-9-8-12(2,3)4/h6-9H2,1-5H3,(H,16,17)(H2,14,15,18). The number of rotatable bonds is 6. The number of carbonyl (C=O) groups excluding carboxylic acids is 1. The van der Waals surface area contributed by atoms with Crippen molar-refractivity contribution in [1.29, 1.82) is 0 Å². The molecule has 0 spiro atoms. The van der Waals surface area contributed by atoms with Gasteiger partial charge in [0.05, 0.1) is 0 Å². The van der Waals surface area contributed by atoms with Gasteiger partial charge in [-0.05, 0) is 25.2 Å². The lowest BCUT2D eigenvalue weighted by Gasteiger charge is -2.26. The molecule has 0 radical (unpaired) electrons. The van der Waals surface area contributed by atoms with Crippen LogP contribution < -0.4 is 10.6 Å². The van der Waals surface area contributed by atoms with Gasteiger partial charge in [0.25, 0.3) is 0 Å². The van der Waals surface area contributed by atoms with Crippen LogP contribution in [0.15, 0.2) is 0 Å². The quantitative estimate of drug-likeness (QED) is 0.684. The molecule has 0 saturated carbocycles. The van der Waals surface area contributed by atoms with E-state index in [-0.39, 0.29) is 5.41 Å². The van der Waals surface area contributed by atoms with Gasteiger partial charge in [0.15, 0.2) is 0 Å². The van der Waals surface area contributed by atoms with Crippen LogP contribution in [-0.4, -0.2) is 29.2 Å². The average Bonchev–Trinajstić information content (AvgIpc) is 2.15. The Hall–Kier alpha value is -1.26. The number of hydrogen-bond donors (Lipinski definition) is 3. The zero-order valence-electron chi connectivity index (χ0n) is 12.1. The molecule has 0 aliphatic heterocycles. The molecule has 0 aliphatic rings. The van der Waals surface area contributed by atoms with Gasteiger partial charge in [-0.15, -0.1) is 0 Å². The number of carboxylic acid groups (broad SMARTS) is 1. The van der Waals surface area contributed by atoms with E-state index in [4.69, 9.17) is 5.11 Å². The molecular formula is C13H26N2O3. The van der Waals surface area contributed by atoms with Gasteiger partial charge < -0.3 is 15.7 Å². The van der Waals surface area contributed by atoms with Crippen molar-refractivity contribution < 1.29 is 14.7 Å². The molecule has 2 amide bonds. The number of amides is 2. The summed E-state index contributed by atoms with van der Waals surface area (Å²) in [6.07, 6.45) is 1.96. The Morgan fingerprint density at radius 2 is 1.67 bits per heavy atom. The van der Waals surface area contributed by atoms with Crippen LogP contribution in [0, 0.1) is 5.41 Å². The first-order chi connectivity index (χ1) is 8.10. The summed E-state index contributed by atoms with van der Waals surface area (Å²) in [6.45, 7) is 10.2. The van der Waals surface area contributed by atoms with Crippen LogP contribution in [0.4, 0.5) is 4.79 Å². The van der Waals surface area contributed by atoms with Crippen LogP contribution in [0.5, 0.6) is 0 Å². The molecule has 0 aromatic carbocycles. The molecule has 0 bridgehead atoms. The summed E-state index contributed by atoms with van der Waals surface area (Å²) in [5, 5.41) is 14.3. The summed E-state index contributed by atoms with van der Waals surface area (Å²) < 4.78 is 0. The Kier molecular flexibility index (Phi) is 6.15. The molecule has 0 saturated heterocycles. The van der Waals surface area contributed by atoms with Crippen molar-refractivity contribution in [3.63, 3.8) is 0 Å². The topological polar surface area (TPSA) is 78.4 Å². The predicted octanol–water partition coefficient (Wildman–Crippen LogP) is 2.37. The SMILES string of the molecule is CCCC(C)(NC(=O)NCCC(C)(C)C)C(=O)O. The molecule has 0 fully saturated rings. The first-order valence-electron chi connectivity index (χ1n) is 6.40. The van der Waals surface area contributed by atoms with E-state index in [1.165, 1.54) is 6.92 Å². The molecule has 1 unspecified atom stereocenters. The van der Waals surface area contributed by atoms with Gasteiger partial charge in [-0.25, -0.2) is 9.59 Å². The van der Waals surface area contributed by atoms with Gasteiger partial charge in [-0.3, -0.25) is 0 Å². The molecule has 5 heteroatoms. The van der Waals surface area contributed by atoms with Crippen molar-refractivity contribution in [2.24, 2.45) is 5.41 Å². The maximum absolute atomic E-state index is 11.6. The van der Waals surface area contributed by atoms with Gasteiger partial charge in [0, 0.05) is 6.54 Å². The lowest BCUT2D eigenvalue weighted by molar-refractivity contribution is -0.144. The van der Waals surface area contributed by atoms with Crippen molar-refractivity contribution in [3.8, 4) is 0 Å². The van der Waals surface area contributed by atoms with Gasteiger partial charge in [-0.2, -0.15) is 0 Å². The van der Waals surface area contributed by atoms with Crippen molar-refractivity contribution in [2.75, 3.05) is 6.54 Å². The molecule has 0 aromatic rings. The number of carbonyl (C=O) groups is 2. The van der Waals surface area contributed by atoms with E-state index >= 15 is 0 Å². The largest absolute Gasteiger partial charge is 0.480 e. The van der Waals surface area contributed by atoms with Gasteiger partial charge >= 0.3 is 12.0 Å². The summed E-state index contributed by atoms with van der Waals surface area (Å²) in [5.41, 5.74) is -1.05. The fourth-order valence-electron chi connectivity index (χ4n) is 1.57. The van der Waals surface area contributed by atoms with Crippen LogP contribution in [0.3, 0.4) is 0 Å². The molecule has 0 aromatic heterocycles. The second kappa shape index (κ2) is 6.61. The summed E-state index contributed by atoms with van der Waals surface area (Å²) in [5.74, 6) is -1.00. The molecule has 3 N–H and O–H groups in total. The minimum atomic E-state index is -1.19. The maximum Gasteiger partial charge on any atom is 0.329 e. The summed E-state index contributed by atoms with van der Waals surface area (Å²) in [4.78, 5) is 22.8. The number of hydrogen-bond acceptors (Lipinski definition) is 2. The Labute approximate surface area is 109 Å². The zero-order chi connectivity index (χ0) is 14.4. The average molecular weight is 258 g/mol. The van der Waals surface area contributed by atoms with Crippen molar-refractivity contribution in [3.05, 3.63) is 0 Å². The number of aliphatic carboxylic acids is 1. The Bertz CT molecular complexity index is 297. The van der Waals surface area contributed by atoms with Gasteiger partial charge in [0.1, 0.15) is 5.54 Å². The summed E-state index contributed by atoms with van der Waals surface area (Å²) in [6, 6.07) is -0.419. The van der Waals surface area contributed by atoms with Crippen molar-refractivity contribution in [1.82, 2.24) is 10.6 Å². The first kappa shape index (κ1) is 16.7. The lowest BCUT2D eigenvalue weighted by Crippen LogP contribution is -2.55. The van der Waals surface area contributed by atoms with Gasteiger partial charge in [0.2, 0.25) is 0 Å².